The predicted molar refractivity (Wildman–Crippen MR) is 74.9 cm³/mol. The molecule has 0 bridgehead atoms. The van der Waals surface area contributed by atoms with Crippen LogP contribution in [0.25, 0.3) is 0 Å². The minimum absolute atomic E-state index is 0.497. The second-order valence-corrected chi connectivity index (χ2v) is 5.36. The zero-order chi connectivity index (χ0) is 11.5. The highest BCUT2D eigenvalue weighted by molar-refractivity contribution is 14.1. The van der Waals surface area contributed by atoms with Crippen molar-refractivity contribution in [3.8, 4) is 0 Å². The first-order valence-electron chi connectivity index (χ1n) is 5.88. The van der Waals surface area contributed by atoms with Crippen LogP contribution in [0.2, 0.25) is 0 Å². The van der Waals surface area contributed by atoms with E-state index < -0.39 is 0 Å². The average molecular weight is 322 g/mol. The molecule has 0 aliphatic heterocycles. The summed E-state index contributed by atoms with van der Waals surface area (Å²) < 4.78 is 3.40. The van der Waals surface area contributed by atoms with Gasteiger partial charge in [0.15, 0.2) is 0 Å². The van der Waals surface area contributed by atoms with E-state index in [1.165, 1.54) is 12.8 Å². The Morgan fingerprint density at radius 2 is 2.13 bits per heavy atom. The molecule has 0 radical (unpaired) electrons. The second-order valence-electron chi connectivity index (χ2n) is 4.74. The summed E-state index contributed by atoms with van der Waals surface area (Å²) in [7, 11) is 0. The summed E-state index contributed by atoms with van der Waals surface area (Å²) in [6.45, 7) is 11.8. The first kappa shape index (κ1) is 13.3. The van der Waals surface area contributed by atoms with Crippen molar-refractivity contribution in [1.29, 1.82) is 0 Å². The van der Waals surface area contributed by atoms with Crippen molar-refractivity contribution in [2.75, 3.05) is 6.54 Å². The maximum atomic E-state index is 3.96. The molecule has 88 valence electrons. The molecule has 3 atom stereocenters. The maximum Gasteiger partial charge on any atom is 0.0255 e. The van der Waals surface area contributed by atoms with Crippen LogP contribution in [0, 0.1) is 11.3 Å². The Balaban J connectivity index is 2.29. The summed E-state index contributed by atoms with van der Waals surface area (Å²) in [5.74, 6) is 0.853. The minimum Gasteiger partial charge on any atom is -0.389 e. The van der Waals surface area contributed by atoms with Crippen molar-refractivity contribution in [3.05, 3.63) is 12.3 Å². The highest BCUT2D eigenvalue weighted by atomic mass is 127. The van der Waals surface area contributed by atoms with Crippen LogP contribution in [0.15, 0.2) is 12.3 Å². The monoisotopic (exact) mass is 322 g/mol. The fourth-order valence-electron chi connectivity index (χ4n) is 2.54. The molecule has 1 saturated carbocycles. The quantitative estimate of drug-likeness (QED) is 0.555. The average Bonchev–Trinajstić information content (AvgIpc) is 2.82. The smallest absolute Gasteiger partial charge is 0.0255 e. The molecule has 3 unspecified atom stereocenters. The summed E-state index contributed by atoms with van der Waals surface area (Å²) in [5.41, 5.74) is 1.66. The highest BCUT2D eigenvalue weighted by Crippen LogP contribution is 2.56. The van der Waals surface area contributed by atoms with Gasteiger partial charge < -0.3 is 5.32 Å². The molecule has 1 fully saturated rings. The van der Waals surface area contributed by atoms with Crippen molar-refractivity contribution in [2.24, 2.45) is 11.3 Å². The predicted octanol–water partition coefficient (Wildman–Crippen LogP) is 3.24. The first-order chi connectivity index (χ1) is 7.10. The lowest BCUT2D eigenvalue weighted by Gasteiger charge is -2.13. The van der Waals surface area contributed by atoms with Gasteiger partial charge in [-0.3, -0.25) is 3.53 Å². The van der Waals surface area contributed by atoms with Crippen LogP contribution in [-0.2, 0) is 0 Å². The van der Waals surface area contributed by atoms with Crippen LogP contribution in [0.3, 0.4) is 0 Å². The van der Waals surface area contributed by atoms with Gasteiger partial charge >= 0.3 is 0 Å². The van der Waals surface area contributed by atoms with Crippen molar-refractivity contribution in [2.45, 2.75) is 46.1 Å². The molecule has 1 rings (SSSR count). The van der Waals surface area contributed by atoms with Crippen molar-refractivity contribution < 1.29 is 0 Å². The van der Waals surface area contributed by atoms with Gasteiger partial charge in [-0.05, 0) is 24.2 Å². The summed E-state index contributed by atoms with van der Waals surface area (Å²) in [6.07, 6.45) is 3.55. The van der Waals surface area contributed by atoms with E-state index in [0.29, 0.717) is 11.5 Å². The third kappa shape index (κ3) is 2.87. The molecule has 0 spiro atoms. The normalized spacial score (nSPS) is 33.9. The molecule has 2 N–H and O–H groups in total. The van der Waals surface area contributed by atoms with Gasteiger partial charge in [0.1, 0.15) is 0 Å². The molecule has 2 nitrogen and oxygen atoms in total. The summed E-state index contributed by atoms with van der Waals surface area (Å²) in [6, 6.07) is 0.708. The number of allylic oxidation sites excluding steroid dienone is 1. The van der Waals surface area contributed by atoms with E-state index in [2.05, 4.69) is 59.1 Å². The lowest BCUT2D eigenvalue weighted by Crippen LogP contribution is -2.20. The van der Waals surface area contributed by atoms with Crippen molar-refractivity contribution >= 4 is 22.9 Å². The summed E-state index contributed by atoms with van der Waals surface area (Å²) in [4.78, 5) is 0. The molecule has 0 aromatic heterocycles. The standard InChI is InChI=1S/C12H23IN2/c1-5-9(3)14-8-7-12(4)10(6-2)11(12)15-13/h10-11,14-15H,3,5-8H2,1-2,4H3. The van der Waals surface area contributed by atoms with Crippen molar-refractivity contribution in [3.63, 3.8) is 0 Å². The fraction of sp³-hybridized carbons (Fsp3) is 0.833. The van der Waals surface area contributed by atoms with Gasteiger partial charge in [-0.15, -0.1) is 0 Å². The molecule has 0 amide bonds. The van der Waals surface area contributed by atoms with Gasteiger partial charge in [0.05, 0.1) is 0 Å². The Morgan fingerprint density at radius 3 is 2.53 bits per heavy atom. The first-order valence-corrected chi connectivity index (χ1v) is 6.95. The SMILES string of the molecule is C=C(CC)NCCC1(C)C(CC)C1NI. The molecule has 1 aliphatic carbocycles. The number of hydrogen-bond acceptors (Lipinski definition) is 2. The topological polar surface area (TPSA) is 24.1 Å². The van der Waals surface area contributed by atoms with E-state index in [-0.39, 0.29) is 0 Å². The molecular formula is C12H23IN2. The van der Waals surface area contributed by atoms with Gasteiger partial charge in [-0.2, -0.15) is 0 Å². The molecule has 0 saturated heterocycles. The zero-order valence-electron chi connectivity index (χ0n) is 10.1. The lowest BCUT2D eigenvalue weighted by atomic mass is 10.0. The van der Waals surface area contributed by atoms with E-state index in [0.717, 1.165) is 24.6 Å². The molecule has 0 aromatic carbocycles. The molecule has 1 aliphatic rings. The maximum absolute atomic E-state index is 3.96. The number of rotatable bonds is 7. The molecule has 15 heavy (non-hydrogen) atoms. The zero-order valence-corrected chi connectivity index (χ0v) is 12.2. The van der Waals surface area contributed by atoms with Crippen LogP contribution < -0.4 is 8.85 Å². The largest absolute Gasteiger partial charge is 0.389 e. The number of halogens is 1. The second kappa shape index (κ2) is 5.53. The van der Waals surface area contributed by atoms with Gasteiger partial charge in [0, 0.05) is 41.1 Å². The molecular weight excluding hydrogens is 299 g/mol. The Morgan fingerprint density at radius 1 is 1.47 bits per heavy atom. The van der Waals surface area contributed by atoms with Gasteiger partial charge in [-0.25, -0.2) is 0 Å². The van der Waals surface area contributed by atoms with Crippen LogP contribution in [0.1, 0.15) is 40.0 Å². The summed E-state index contributed by atoms with van der Waals surface area (Å²) in [5, 5.41) is 3.39. The van der Waals surface area contributed by atoms with E-state index in [9.17, 15) is 0 Å². The van der Waals surface area contributed by atoms with Crippen molar-refractivity contribution in [1.82, 2.24) is 8.85 Å². The van der Waals surface area contributed by atoms with E-state index in [1.807, 2.05) is 0 Å². The third-order valence-electron chi connectivity index (χ3n) is 3.87. The Labute approximate surface area is 108 Å². The van der Waals surface area contributed by atoms with E-state index >= 15 is 0 Å². The Bertz CT molecular complexity index is 218. The van der Waals surface area contributed by atoms with E-state index in [4.69, 9.17) is 0 Å². The van der Waals surface area contributed by atoms with Crippen LogP contribution in [0.5, 0.6) is 0 Å². The number of nitrogens with one attached hydrogen (secondary N) is 2. The van der Waals surface area contributed by atoms with Crippen LogP contribution >= 0.6 is 22.9 Å². The third-order valence-corrected chi connectivity index (χ3v) is 4.54. The number of hydrogen-bond donors (Lipinski definition) is 2. The Hall–Kier alpha value is 0.230. The minimum atomic E-state index is 0.497. The molecule has 0 aromatic rings. The summed E-state index contributed by atoms with van der Waals surface area (Å²) >= 11 is 2.29. The van der Waals surface area contributed by atoms with Crippen LogP contribution in [-0.4, -0.2) is 12.6 Å². The van der Waals surface area contributed by atoms with Gasteiger partial charge in [0.2, 0.25) is 0 Å². The molecule has 3 heteroatoms. The lowest BCUT2D eigenvalue weighted by molar-refractivity contribution is 0.438. The Kier molecular flexibility index (Phi) is 4.90. The highest BCUT2D eigenvalue weighted by Gasteiger charge is 2.58. The van der Waals surface area contributed by atoms with E-state index in [1.54, 1.807) is 0 Å². The van der Waals surface area contributed by atoms with Crippen LogP contribution in [0.4, 0.5) is 0 Å². The molecule has 0 heterocycles. The van der Waals surface area contributed by atoms with Gasteiger partial charge in [0.25, 0.3) is 0 Å². The van der Waals surface area contributed by atoms with Gasteiger partial charge in [-0.1, -0.05) is 33.8 Å². The fourth-order valence-corrected chi connectivity index (χ4v) is 3.68.